The van der Waals surface area contributed by atoms with Gasteiger partial charge in [0.1, 0.15) is 0 Å². The van der Waals surface area contributed by atoms with Crippen molar-refractivity contribution in [3.05, 3.63) is 129 Å². The van der Waals surface area contributed by atoms with Crippen LogP contribution in [0.1, 0.15) is 70.2 Å². The largest absolute Gasteiger partial charge is 0.0616 e. The molecule has 0 bridgehead atoms. The van der Waals surface area contributed by atoms with Gasteiger partial charge in [0.05, 0.1) is 0 Å². The van der Waals surface area contributed by atoms with E-state index in [4.69, 9.17) is 0 Å². The minimum Gasteiger partial charge on any atom is -0.0616 e. The van der Waals surface area contributed by atoms with E-state index in [1.165, 1.54) is 106 Å². The SMILES string of the molecule is c1cc2c(c(C3=C(c4cccc5c4CCCC5)c4c5ccccc5cc5cccc3c45)c1)CCCC2. The van der Waals surface area contributed by atoms with Crippen LogP contribution in [-0.2, 0) is 25.7 Å². The van der Waals surface area contributed by atoms with Gasteiger partial charge in [-0.05, 0) is 135 Å². The summed E-state index contributed by atoms with van der Waals surface area (Å²) in [6, 6.07) is 32.6. The van der Waals surface area contributed by atoms with Gasteiger partial charge in [0.2, 0.25) is 0 Å². The number of fused-ring (bicyclic) bond motifs is 4. The monoisotopic (exact) mass is 462 g/mol. The minimum atomic E-state index is 1.19. The van der Waals surface area contributed by atoms with Crippen molar-refractivity contribution in [2.24, 2.45) is 0 Å². The van der Waals surface area contributed by atoms with E-state index in [9.17, 15) is 0 Å². The molecule has 174 valence electrons. The summed E-state index contributed by atoms with van der Waals surface area (Å²) in [6.45, 7) is 0. The van der Waals surface area contributed by atoms with Crippen LogP contribution in [0.15, 0.2) is 84.9 Å². The second-order valence-electron chi connectivity index (χ2n) is 10.9. The number of hydrogen-bond acceptors (Lipinski definition) is 0. The zero-order valence-corrected chi connectivity index (χ0v) is 20.7. The molecule has 0 saturated carbocycles. The molecule has 0 nitrogen and oxygen atoms in total. The molecule has 5 aromatic rings. The lowest BCUT2D eigenvalue weighted by Crippen LogP contribution is -2.08. The average Bonchev–Trinajstić information content (AvgIpc) is 3.29. The fourth-order valence-corrected chi connectivity index (χ4v) is 7.43. The van der Waals surface area contributed by atoms with E-state index >= 15 is 0 Å². The Kier molecular flexibility index (Phi) is 4.53. The van der Waals surface area contributed by atoms with E-state index in [0.717, 1.165) is 0 Å². The Bertz CT molecular complexity index is 1730. The summed E-state index contributed by atoms with van der Waals surface area (Å²) in [7, 11) is 0. The smallest absolute Gasteiger partial charge is 0.000797 e. The fraction of sp³-hybridized carbons (Fsp3) is 0.222. The second kappa shape index (κ2) is 7.93. The number of rotatable bonds is 2. The van der Waals surface area contributed by atoms with Crippen molar-refractivity contribution in [1.29, 1.82) is 0 Å². The molecule has 0 radical (unpaired) electrons. The van der Waals surface area contributed by atoms with Crippen LogP contribution >= 0.6 is 0 Å². The van der Waals surface area contributed by atoms with Gasteiger partial charge in [-0.1, -0.05) is 78.9 Å². The quantitative estimate of drug-likeness (QED) is 0.225. The molecule has 0 spiro atoms. The van der Waals surface area contributed by atoms with Crippen molar-refractivity contribution < 1.29 is 0 Å². The molecule has 3 aliphatic rings. The molecule has 8 rings (SSSR count). The Labute approximate surface area is 213 Å². The molecule has 0 unspecified atom stereocenters. The molecule has 0 atom stereocenters. The summed E-state index contributed by atoms with van der Waals surface area (Å²) in [5.74, 6) is 0. The molecule has 0 aliphatic heterocycles. The van der Waals surface area contributed by atoms with Crippen molar-refractivity contribution in [1.82, 2.24) is 0 Å². The van der Waals surface area contributed by atoms with Gasteiger partial charge in [0.25, 0.3) is 0 Å². The van der Waals surface area contributed by atoms with Gasteiger partial charge in [-0.15, -0.1) is 0 Å². The van der Waals surface area contributed by atoms with Crippen LogP contribution in [0.2, 0.25) is 0 Å². The molecule has 3 aliphatic carbocycles. The highest BCUT2D eigenvalue weighted by Gasteiger charge is 2.31. The van der Waals surface area contributed by atoms with E-state index in [1.807, 2.05) is 0 Å². The Morgan fingerprint density at radius 3 is 1.78 bits per heavy atom. The van der Waals surface area contributed by atoms with E-state index < -0.39 is 0 Å². The Morgan fingerprint density at radius 2 is 1.03 bits per heavy atom. The summed E-state index contributed by atoms with van der Waals surface area (Å²) < 4.78 is 0. The van der Waals surface area contributed by atoms with Gasteiger partial charge < -0.3 is 0 Å². The van der Waals surface area contributed by atoms with E-state index in [1.54, 1.807) is 22.3 Å². The van der Waals surface area contributed by atoms with Gasteiger partial charge in [0, 0.05) is 0 Å². The van der Waals surface area contributed by atoms with E-state index in [0.29, 0.717) is 0 Å². The molecule has 0 heterocycles. The molecule has 5 aromatic carbocycles. The Hall–Kier alpha value is -3.64. The molecule has 0 heteroatoms. The van der Waals surface area contributed by atoms with Crippen LogP contribution in [0.25, 0.3) is 32.7 Å². The first-order valence-electron chi connectivity index (χ1n) is 13.8. The third-order valence-corrected chi connectivity index (χ3v) is 8.99. The van der Waals surface area contributed by atoms with Crippen LogP contribution in [0, 0.1) is 0 Å². The molecular weight excluding hydrogens is 432 g/mol. The summed E-state index contributed by atoms with van der Waals surface area (Å²) in [5.41, 5.74) is 15.1. The van der Waals surface area contributed by atoms with Crippen LogP contribution in [0.3, 0.4) is 0 Å². The third-order valence-electron chi connectivity index (χ3n) is 8.99. The standard InChI is InChI=1S/C36H30/c1-4-16-27-23(10-1)13-7-19-30(27)34-32-21-9-15-26-22-25-12-3-6-18-29(25)35(33(26)32)36(34)31-20-8-14-24-11-2-5-17-28(24)31/h3,6-9,12-15,18-22H,1-2,4-5,10-11,16-17H2. The first-order chi connectivity index (χ1) is 17.9. The number of aryl methyl sites for hydroxylation is 2. The zero-order chi connectivity index (χ0) is 23.6. The summed E-state index contributed by atoms with van der Waals surface area (Å²) in [5, 5.41) is 5.54. The molecular formula is C36H30. The van der Waals surface area contributed by atoms with Crippen molar-refractivity contribution in [2.75, 3.05) is 0 Å². The molecule has 0 fully saturated rings. The summed E-state index contributed by atoms with van der Waals surface area (Å²) in [6.07, 6.45) is 10.0. The van der Waals surface area contributed by atoms with Crippen LogP contribution in [-0.4, -0.2) is 0 Å². The average molecular weight is 463 g/mol. The van der Waals surface area contributed by atoms with Gasteiger partial charge in [-0.3, -0.25) is 0 Å². The fourth-order valence-electron chi connectivity index (χ4n) is 7.43. The molecule has 0 N–H and O–H groups in total. The van der Waals surface area contributed by atoms with Crippen molar-refractivity contribution in [3.8, 4) is 0 Å². The maximum Gasteiger partial charge on any atom is -0.000797 e. The topological polar surface area (TPSA) is 0 Å². The number of hydrogen-bond donors (Lipinski definition) is 0. The third kappa shape index (κ3) is 2.88. The van der Waals surface area contributed by atoms with Gasteiger partial charge in [0.15, 0.2) is 0 Å². The lowest BCUT2D eigenvalue weighted by atomic mass is 9.80. The van der Waals surface area contributed by atoms with E-state index in [-0.39, 0.29) is 0 Å². The van der Waals surface area contributed by atoms with Crippen molar-refractivity contribution in [3.63, 3.8) is 0 Å². The van der Waals surface area contributed by atoms with Crippen LogP contribution in [0.4, 0.5) is 0 Å². The summed E-state index contributed by atoms with van der Waals surface area (Å²) >= 11 is 0. The normalized spacial score (nSPS) is 16.4. The predicted octanol–water partition coefficient (Wildman–Crippen LogP) is 9.07. The molecule has 36 heavy (non-hydrogen) atoms. The molecule has 0 aromatic heterocycles. The van der Waals surface area contributed by atoms with Crippen LogP contribution < -0.4 is 0 Å². The van der Waals surface area contributed by atoms with Gasteiger partial charge >= 0.3 is 0 Å². The first kappa shape index (κ1) is 20.5. The van der Waals surface area contributed by atoms with Crippen LogP contribution in [0.5, 0.6) is 0 Å². The lowest BCUT2D eigenvalue weighted by Gasteiger charge is -2.24. The summed E-state index contributed by atoms with van der Waals surface area (Å²) in [4.78, 5) is 0. The number of benzene rings is 5. The van der Waals surface area contributed by atoms with Gasteiger partial charge in [-0.2, -0.15) is 0 Å². The highest BCUT2D eigenvalue weighted by molar-refractivity contribution is 6.26. The van der Waals surface area contributed by atoms with Gasteiger partial charge in [-0.25, -0.2) is 0 Å². The highest BCUT2D eigenvalue weighted by Crippen LogP contribution is 2.52. The highest BCUT2D eigenvalue weighted by atomic mass is 14.3. The lowest BCUT2D eigenvalue weighted by molar-refractivity contribution is 0.684. The molecule has 0 amide bonds. The van der Waals surface area contributed by atoms with E-state index in [2.05, 4.69) is 84.9 Å². The zero-order valence-electron chi connectivity index (χ0n) is 20.7. The minimum absolute atomic E-state index is 1.19. The maximum absolute atomic E-state index is 2.42. The Morgan fingerprint density at radius 1 is 0.444 bits per heavy atom. The predicted molar refractivity (Wildman–Crippen MR) is 153 cm³/mol. The second-order valence-corrected chi connectivity index (χ2v) is 10.9. The van der Waals surface area contributed by atoms with Crippen molar-refractivity contribution >= 4 is 32.7 Å². The maximum atomic E-state index is 2.42. The molecule has 0 saturated heterocycles. The van der Waals surface area contributed by atoms with Crippen molar-refractivity contribution in [2.45, 2.75) is 51.4 Å². The first-order valence-corrected chi connectivity index (χ1v) is 13.8. The Balaban J connectivity index is 1.56.